The van der Waals surface area contributed by atoms with E-state index in [1.165, 1.54) is 0 Å². The molecule has 0 saturated carbocycles. The lowest BCUT2D eigenvalue weighted by Crippen LogP contribution is -2.47. The van der Waals surface area contributed by atoms with Gasteiger partial charge in [0.1, 0.15) is 0 Å². The summed E-state index contributed by atoms with van der Waals surface area (Å²) in [5, 5.41) is 0. The lowest BCUT2D eigenvalue weighted by atomic mass is 10.1. The summed E-state index contributed by atoms with van der Waals surface area (Å²) in [6.45, 7) is 5.74. The zero-order valence-electron chi connectivity index (χ0n) is 20.1. The number of anilines is 1. The number of hydrogen-bond donors (Lipinski definition) is 0. The van der Waals surface area contributed by atoms with Gasteiger partial charge in [0.15, 0.2) is 11.5 Å². The van der Waals surface area contributed by atoms with Crippen molar-refractivity contribution in [2.24, 2.45) is 0 Å². The first-order valence-corrected chi connectivity index (χ1v) is 11.9. The van der Waals surface area contributed by atoms with Crippen LogP contribution in [0.3, 0.4) is 0 Å². The van der Waals surface area contributed by atoms with Gasteiger partial charge in [0.25, 0.3) is 11.8 Å². The normalized spacial score (nSPS) is 17.3. The first kappa shape index (κ1) is 22.9. The molecule has 3 aromatic carbocycles. The summed E-state index contributed by atoms with van der Waals surface area (Å²) in [4.78, 5) is 32.2. The topological polar surface area (TPSA) is 53.1 Å². The van der Waals surface area contributed by atoms with Gasteiger partial charge in [0.05, 0.1) is 12.2 Å². The van der Waals surface area contributed by atoms with E-state index >= 15 is 0 Å². The SMILES string of the molecule is Cc1cccc(CN2C(=O)C(=Cc3ccc(C(=O)N4CCN(C)CC4)cc3)Oc3ccccc32)c1. The lowest BCUT2D eigenvalue weighted by Gasteiger charge is -2.32. The minimum Gasteiger partial charge on any atom is -0.449 e. The zero-order valence-corrected chi connectivity index (χ0v) is 20.1. The third kappa shape index (κ3) is 4.98. The zero-order chi connectivity index (χ0) is 24.4. The molecule has 0 spiro atoms. The van der Waals surface area contributed by atoms with E-state index in [9.17, 15) is 9.59 Å². The Hall–Kier alpha value is -3.90. The fourth-order valence-electron chi connectivity index (χ4n) is 4.48. The Morgan fingerprint density at radius 3 is 2.43 bits per heavy atom. The van der Waals surface area contributed by atoms with Crippen molar-refractivity contribution in [3.05, 3.63) is 101 Å². The van der Waals surface area contributed by atoms with E-state index in [2.05, 4.69) is 18.0 Å². The molecule has 1 saturated heterocycles. The number of para-hydroxylation sites is 2. The van der Waals surface area contributed by atoms with Crippen molar-refractivity contribution >= 4 is 23.6 Å². The van der Waals surface area contributed by atoms with E-state index in [-0.39, 0.29) is 17.6 Å². The molecule has 2 aliphatic heterocycles. The molecule has 0 atom stereocenters. The van der Waals surface area contributed by atoms with Crippen molar-refractivity contribution in [3.63, 3.8) is 0 Å². The van der Waals surface area contributed by atoms with Crippen molar-refractivity contribution < 1.29 is 14.3 Å². The predicted molar refractivity (Wildman–Crippen MR) is 137 cm³/mol. The standard InChI is InChI=1S/C29H29N3O3/c1-21-6-5-7-23(18-21)20-32-25-8-3-4-9-26(25)35-27(29(32)34)19-22-10-12-24(13-11-22)28(33)31-16-14-30(2)15-17-31/h3-13,18-19H,14-17,20H2,1-2H3. The van der Waals surface area contributed by atoms with Crippen molar-refractivity contribution in [2.45, 2.75) is 13.5 Å². The van der Waals surface area contributed by atoms with Crippen LogP contribution in [0.25, 0.3) is 6.08 Å². The summed E-state index contributed by atoms with van der Waals surface area (Å²) in [7, 11) is 2.07. The molecule has 5 rings (SSSR count). The molecule has 0 unspecified atom stereocenters. The average molecular weight is 468 g/mol. The molecule has 6 heteroatoms. The maximum atomic E-state index is 13.5. The van der Waals surface area contributed by atoms with E-state index in [1.807, 2.05) is 78.6 Å². The van der Waals surface area contributed by atoms with E-state index in [4.69, 9.17) is 4.74 Å². The summed E-state index contributed by atoms with van der Waals surface area (Å²) in [5.41, 5.74) is 4.42. The number of nitrogens with zero attached hydrogens (tertiary/aromatic N) is 3. The molecule has 0 radical (unpaired) electrons. The highest BCUT2D eigenvalue weighted by atomic mass is 16.5. The number of carbonyl (C=O) groups is 2. The van der Waals surface area contributed by atoms with Gasteiger partial charge in [-0.2, -0.15) is 0 Å². The molecule has 2 aliphatic rings. The Labute approximate surface area is 206 Å². The summed E-state index contributed by atoms with van der Waals surface area (Å²) < 4.78 is 6.01. The number of ether oxygens (including phenoxy) is 1. The minimum atomic E-state index is -0.192. The molecule has 3 aromatic rings. The molecular weight excluding hydrogens is 438 g/mol. The molecule has 0 bridgehead atoms. The largest absolute Gasteiger partial charge is 0.449 e. The Morgan fingerprint density at radius 2 is 1.69 bits per heavy atom. The Kier molecular flexibility index (Phi) is 6.38. The summed E-state index contributed by atoms with van der Waals surface area (Å²) in [6.07, 6.45) is 1.74. The molecule has 0 aromatic heterocycles. The summed E-state index contributed by atoms with van der Waals surface area (Å²) in [5.74, 6) is 0.755. The van der Waals surface area contributed by atoms with Gasteiger partial charge in [-0.25, -0.2) is 0 Å². The molecule has 1 fully saturated rings. The highest BCUT2D eigenvalue weighted by Crippen LogP contribution is 2.36. The molecule has 6 nitrogen and oxygen atoms in total. The lowest BCUT2D eigenvalue weighted by molar-refractivity contribution is -0.117. The van der Waals surface area contributed by atoms with Crippen LogP contribution < -0.4 is 9.64 Å². The number of likely N-dealkylation sites (N-methyl/N-ethyl adjacent to an activating group) is 1. The summed E-state index contributed by atoms with van der Waals surface area (Å²) >= 11 is 0. The summed E-state index contributed by atoms with van der Waals surface area (Å²) in [6, 6.07) is 23.1. The van der Waals surface area contributed by atoms with Crippen LogP contribution in [-0.4, -0.2) is 54.8 Å². The highest BCUT2D eigenvalue weighted by molar-refractivity contribution is 6.09. The number of amides is 2. The van der Waals surface area contributed by atoms with Crippen LogP contribution in [0, 0.1) is 6.92 Å². The Morgan fingerprint density at radius 1 is 0.943 bits per heavy atom. The predicted octanol–water partition coefficient (Wildman–Crippen LogP) is 4.35. The fraction of sp³-hybridized carbons (Fsp3) is 0.241. The van der Waals surface area contributed by atoms with Crippen LogP contribution in [0.4, 0.5) is 5.69 Å². The highest BCUT2D eigenvalue weighted by Gasteiger charge is 2.30. The van der Waals surface area contributed by atoms with E-state index in [0.29, 0.717) is 17.9 Å². The molecule has 0 N–H and O–H groups in total. The quantitative estimate of drug-likeness (QED) is 0.536. The van der Waals surface area contributed by atoms with Gasteiger partial charge in [-0.15, -0.1) is 0 Å². The molecule has 2 heterocycles. The second-order valence-electron chi connectivity index (χ2n) is 9.18. The van der Waals surface area contributed by atoms with Crippen molar-refractivity contribution in [2.75, 3.05) is 38.1 Å². The Bertz CT molecular complexity index is 1270. The third-order valence-electron chi connectivity index (χ3n) is 6.50. The monoisotopic (exact) mass is 467 g/mol. The third-order valence-corrected chi connectivity index (χ3v) is 6.50. The number of hydrogen-bond acceptors (Lipinski definition) is 4. The van der Waals surface area contributed by atoms with E-state index in [1.54, 1.807) is 11.0 Å². The maximum absolute atomic E-state index is 13.5. The van der Waals surface area contributed by atoms with Gasteiger partial charge in [0.2, 0.25) is 0 Å². The number of aryl methyl sites for hydroxylation is 1. The van der Waals surface area contributed by atoms with Crippen LogP contribution >= 0.6 is 0 Å². The van der Waals surface area contributed by atoms with Crippen LogP contribution in [0.2, 0.25) is 0 Å². The molecule has 2 amide bonds. The number of piperazine rings is 1. The number of carbonyl (C=O) groups excluding carboxylic acids is 2. The molecule has 0 aliphatic carbocycles. The van der Waals surface area contributed by atoms with Crippen LogP contribution in [0.1, 0.15) is 27.0 Å². The maximum Gasteiger partial charge on any atom is 0.294 e. The van der Waals surface area contributed by atoms with Crippen molar-refractivity contribution in [3.8, 4) is 5.75 Å². The fourth-order valence-corrected chi connectivity index (χ4v) is 4.48. The number of rotatable bonds is 4. The number of fused-ring (bicyclic) bond motifs is 1. The van der Waals surface area contributed by atoms with Gasteiger partial charge in [-0.05, 0) is 55.4 Å². The second kappa shape index (κ2) is 9.76. The first-order valence-electron chi connectivity index (χ1n) is 11.9. The Balaban J connectivity index is 1.38. The molecule has 35 heavy (non-hydrogen) atoms. The van der Waals surface area contributed by atoms with Crippen LogP contribution in [-0.2, 0) is 11.3 Å². The first-order chi connectivity index (χ1) is 17.0. The van der Waals surface area contributed by atoms with Gasteiger partial charge < -0.3 is 14.5 Å². The van der Waals surface area contributed by atoms with E-state index in [0.717, 1.165) is 48.6 Å². The van der Waals surface area contributed by atoms with Crippen LogP contribution in [0.15, 0.2) is 78.6 Å². The second-order valence-corrected chi connectivity index (χ2v) is 9.18. The van der Waals surface area contributed by atoms with Crippen molar-refractivity contribution in [1.29, 1.82) is 0 Å². The smallest absolute Gasteiger partial charge is 0.294 e. The molecule has 178 valence electrons. The number of benzene rings is 3. The molecular formula is C29H29N3O3. The minimum absolute atomic E-state index is 0.0422. The van der Waals surface area contributed by atoms with E-state index < -0.39 is 0 Å². The van der Waals surface area contributed by atoms with Gasteiger partial charge >= 0.3 is 0 Å². The van der Waals surface area contributed by atoms with Gasteiger partial charge in [-0.3, -0.25) is 14.5 Å². The average Bonchev–Trinajstić information content (AvgIpc) is 2.87. The van der Waals surface area contributed by atoms with Gasteiger partial charge in [-0.1, -0.05) is 54.1 Å². The van der Waals surface area contributed by atoms with Gasteiger partial charge in [0, 0.05) is 31.7 Å². The van der Waals surface area contributed by atoms with Crippen molar-refractivity contribution in [1.82, 2.24) is 9.80 Å². The van der Waals surface area contributed by atoms with Crippen LogP contribution in [0.5, 0.6) is 5.75 Å².